The molecular formula is C24H37N3O4S2. The molecule has 0 saturated carbocycles. The van der Waals surface area contributed by atoms with Gasteiger partial charge in [-0.05, 0) is 31.2 Å². The Kier molecular flexibility index (Phi) is 15.8. The third kappa shape index (κ3) is 15.7. The lowest BCUT2D eigenvalue weighted by atomic mass is 10.2. The first kappa shape index (κ1) is 29.3. The van der Waals surface area contributed by atoms with Gasteiger partial charge < -0.3 is 25.4 Å². The Morgan fingerprint density at radius 2 is 1.73 bits per heavy atom. The van der Waals surface area contributed by atoms with Gasteiger partial charge in [-0.15, -0.1) is 0 Å². The van der Waals surface area contributed by atoms with Gasteiger partial charge in [-0.25, -0.2) is 0 Å². The lowest BCUT2D eigenvalue weighted by Crippen LogP contribution is -2.34. The van der Waals surface area contributed by atoms with Crippen molar-refractivity contribution in [3.8, 4) is 11.8 Å². The van der Waals surface area contributed by atoms with Gasteiger partial charge in [0.25, 0.3) is 5.91 Å². The van der Waals surface area contributed by atoms with Crippen molar-refractivity contribution in [2.24, 2.45) is 5.92 Å². The van der Waals surface area contributed by atoms with Crippen LogP contribution in [0.15, 0.2) is 29.2 Å². The predicted molar refractivity (Wildman–Crippen MR) is 137 cm³/mol. The van der Waals surface area contributed by atoms with Crippen molar-refractivity contribution in [1.82, 2.24) is 16.0 Å². The van der Waals surface area contributed by atoms with Crippen molar-refractivity contribution < 1.29 is 19.1 Å². The zero-order chi connectivity index (χ0) is 24.5. The molecule has 184 valence electrons. The van der Waals surface area contributed by atoms with Crippen molar-refractivity contribution in [1.29, 1.82) is 0 Å². The van der Waals surface area contributed by atoms with Crippen LogP contribution in [0, 0.1) is 17.8 Å². The molecule has 1 unspecified atom stereocenters. The molecule has 0 heterocycles. The summed E-state index contributed by atoms with van der Waals surface area (Å²) in [6.45, 7) is 12.5. The van der Waals surface area contributed by atoms with Crippen molar-refractivity contribution in [2.45, 2.75) is 51.0 Å². The van der Waals surface area contributed by atoms with Crippen LogP contribution in [0.1, 0.15) is 45.0 Å². The number of carbonyl (C=O) groups excluding carboxylic acids is 2. The normalized spacial score (nSPS) is 11.7. The van der Waals surface area contributed by atoms with Crippen LogP contribution >= 0.6 is 21.6 Å². The Hall–Kier alpha value is -1.70. The van der Waals surface area contributed by atoms with E-state index in [1.54, 1.807) is 21.6 Å². The topological polar surface area (TPSA) is 88.7 Å². The van der Waals surface area contributed by atoms with E-state index in [-0.39, 0.29) is 23.9 Å². The maximum Gasteiger partial charge on any atom is 0.251 e. The van der Waals surface area contributed by atoms with E-state index in [0.29, 0.717) is 43.8 Å². The third-order valence-electron chi connectivity index (χ3n) is 3.94. The van der Waals surface area contributed by atoms with Crippen LogP contribution in [-0.2, 0) is 14.3 Å². The summed E-state index contributed by atoms with van der Waals surface area (Å²) in [5.74, 6) is 5.91. The average molecular weight is 496 g/mol. The number of benzene rings is 1. The van der Waals surface area contributed by atoms with Crippen molar-refractivity contribution in [3.63, 3.8) is 0 Å². The molecule has 1 aromatic carbocycles. The van der Waals surface area contributed by atoms with E-state index >= 15 is 0 Å². The fourth-order valence-electron chi connectivity index (χ4n) is 2.34. The number of hydrogen-bond acceptors (Lipinski definition) is 7. The molecule has 0 radical (unpaired) electrons. The summed E-state index contributed by atoms with van der Waals surface area (Å²) in [6.07, 6.45) is 0. The molecule has 0 fully saturated rings. The van der Waals surface area contributed by atoms with Gasteiger partial charge in [0.05, 0.1) is 19.8 Å². The average Bonchev–Trinajstić information content (AvgIpc) is 2.78. The van der Waals surface area contributed by atoms with Crippen LogP contribution in [0.2, 0.25) is 0 Å². The number of nitrogens with one attached hydrogen (secondary N) is 3. The fourth-order valence-corrected chi connectivity index (χ4v) is 4.22. The Morgan fingerprint density at radius 3 is 2.39 bits per heavy atom. The van der Waals surface area contributed by atoms with Crippen molar-refractivity contribution >= 4 is 33.4 Å². The van der Waals surface area contributed by atoms with Gasteiger partial charge in [0.15, 0.2) is 0 Å². The Bertz CT molecular complexity index is 761. The van der Waals surface area contributed by atoms with E-state index in [1.165, 1.54) is 0 Å². The van der Waals surface area contributed by atoms with Crippen LogP contribution in [0.25, 0.3) is 0 Å². The lowest BCUT2D eigenvalue weighted by molar-refractivity contribution is -0.126. The summed E-state index contributed by atoms with van der Waals surface area (Å²) >= 11 is 0. The van der Waals surface area contributed by atoms with E-state index in [9.17, 15) is 9.59 Å². The van der Waals surface area contributed by atoms with Crippen LogP contribution in [-0.4, -0.2) is 62.7 Å². The second kappa shape index (κ2) is 17.7. The highest BCUT2D eigenvalue weighted by atomic mass is 33.1. The molecule has 33 heavy (non-hydrogen) atoms. The molecule has 1 aromatic rings. The SMILES string of the molecule is CC(C)C#CCNC(=O)COCCOC(C)SSc1ccc(C(=O)NCCNC(C)C)cc1. The maximum atomic E-state index is 12.2. The van der Waals surface area contributed by atoms with Crippen molar-refractivity contribution in [3.05, 3.63) is 29.8 Å². The largest absolute Gasteiger partial charge is 0.369 e. The Morgan fingerprint density at radius 1 is 1.00 bits per heavy atom. The molecule has 0 aromatic heterocycles. The fraction of sp³-hybridized carbons (Fsp3) is 0.583. The molecule has 0 saturated heterocycles. The van der Waals surface area contributed by atoms with Gasteiger partial charge in [0, 0.05) is 35.5 Å². The number of ether oxygens (including phenoxy) is 2. The molecule has 0 aliphatic carbocycles. The molecule has 0 bridgehead atoms. The quantitative estimate of drug-likeness (QED) is 0.149. The highest BCUT2D eigenvalue weighted by Gasteiger charge is 2.08. The molecule has 7 nitrogen and oxygen atoms in total. The highest BCUT2D eigenvalue weighted by molar-refractivity contribution is 8.76. The van der Waals surface area contributed by atoms with Crippen molar-refractivity contribution in [2.75, 3.05) is 39.5 Å². The van der Waals surface area contributed by atoms with E-state index in [4.69, 9.17) is 9.47 Å². The minimum absolute atomic E-state index is 0.00282. The molecule has 1 rings (SSSR count). The molecule has 0 spiro atoms. The molecule has 0 aliphatic rings. The smallest absolute Gasteiger partial charge is 0.251 e. The zero-order valence-electron chi connectivity index (χ0n) is 20.2. The predicted octanol–water partition coefficient (Wildman–Crippen LogP) is 3.31. The summed E-state index contributed by atoms with van der Waals surface area (Å²) in [5.41, 5.74) is 0.599. The molecule has 0 aliphatic heterocycles. The minimum atomic E-state index is -0.185. The van der Waals surface area contributed by atoms with Gasteiger partial charge >= 0.3 is 0 Å². The Labute approximate surface area is 206 Å². The monoisotopic (exact) mass is 495 g/mol. The lowest BCUT2D eigenvalue weighted by Gasteiger charge is -2.12. The summed E-state index contributed by atoms with van der Waals surface area (Å²) in [4.78, 5) is 24.8. The Balaban J connectivity index is 2.14. The number of rotatable bonds is 15. The zero-order valence-corrected chi connectivity index (χ0v) is 21.9. The first-order chi connectivity index (χ1) is 15.8. The summed E-state index contributed by atoms with van der Waals surface area (Å²) < 4.78 is 11.0. The second-order valence-electron chi connectivity index (χ2n) is 7.81. The van der Waals surface area contributed by atoms with Crippen LogP contribution in [0.5, 0.6) is 0 Å². The van der Waals surface area contributed by atoms with Gasteiger partial charge in [-0.2, -0.15) is 0 Å². The summed E-state index contributed by atoms with van der Waals surface area (Å²) in [5, 5.41) is 8.86. The third-order valence-corrected chi connectivity index (χ3v) is 6.58. The van der Waals surface area contributed by atoms with Gasteiger partial charge in [-0.3, -0.25) is 9.59 Å². The highest BCUT2D eigenvalue weighted by Crippen LogP contribution is 2.34. The van der Waals surface area contributed by atoms with E-state index < -0.39 is 0 Å². The van der Waals surface area contributed by atoms with Crippen LogP contribution < -0.4 is 16.0 Å². The van der Waals surface area contributed by atoms with Gasteiger partial charge in [-0.1, -0.05) is 61.1 Å². The molecular weight excluding hydrogens is 458 g/mol. The molecule has 3 N–H and O–H groups in total. The summed E-state index contributed by atoms with van der Waals surface area (Å²) in [7, 11) is 3.17. The maximum absolute atomic E-state index is 12.2. The second-order valence-corrected chi connectivity index (χ2v) is 10.4. The molecule has 9 heteroatoms. The summed E-state index contributed by atoms with van der Waals surface area (Å²) in [6, 6.07) is 7.92. The van der Waals surface area contributed by atoms with E-state index in [2.05, 4.69) is 41.6 Å². The molecule has 2 amide bonds. The van der Waals surface area contributed by atoms with Crippen LogP contribution in [0.4, 0.5) is 0 Å². The first-order valence-corrected chi connectivity index (χ1v) is 13.4. The number of amides is 2. The van der Waals surface area contributed by atoms with Crippen LogP contribution in [0.3, 0.4) is 0 Å². The van der Waals surface area contributed by atoms with Gasteiger partial charge in [0.2, 0.25) is 5.91 Å². The standard InChI is InChI=1S/C24H37N3O4S2/c1-18(2)7-6-12-26-23(28)17-30-15-16-31-20(5)32-33-22-10-8-21(9-11-22)24(29)27-14-13-25-19(3)4/h8-11,18-20,25H,12-17H2,1-5H3,(H,26,28)(H,27,29). The van der Waals surface area contributed by atoms with E-state index in [0.717, 1.165) is 11.4 Å². The van der Waals surface area contributed by atoms with E-state index in [1.807, 2.05) is 45.0 Å². The minimum Gasteiger partial charge on any atom is -0.369 e. The molecule has 1 atom stereocenters. The number of hydrogen-bond donors (Lipinski definition) is 3. The number of carbonyl (C=O) groups is 2. The first-order valence-electron chi connectivity index (χ1n) is 11.2. The van der Waals surface area contributed by atoms with Gasteiger partial charge in [0.1, 0.15) is 12.0 Å².